The van der Waals surface area contributed by atoms with E-state index in [4.69, 9.17) is 9.47 Å². The van der Waals surface area contributed by atoms with Crippen molar-refractivity contribution in [2.24, 2.45) is 0 Å². The summed E-state index contributed by atoms with van der Waals surface area (Å²) in [6.07, 6.45) is -1.20. The van der Waals surface area contributed by atoms with E-state index in [-0.39, 0.29) is 27.8 Å². The molecular weight excluding hydrogens is 479 g/mol. The van der Waals surface area contributed by atoms with Crippen molar-refractivity contribution in [2.75, 3.05) is 12.4 Å². The maximum atomic E-state index is 13.3. The minimum absolute atomic E-state index is 0.0754. The van der Waals surface area contributed by atoms with Crippen molar-refractivity contribution >= 4 is 44.8 Å². The van der Waals surface area contributed by atoms with Crippen LogP contribution in [0.15, 0.2) is 48.5 Å². The van der Waals surface area contributed by atoms with Crippen LogP contribution in [0, 0.1) is 22.9 Å². The van der Waals surface area contributed by atoms with Gasteiger partial charge in [0.25, 0.3) is 11.6 Å². The number of esters is 1. The zero-order valence-corrected chi connectivity index (χ0v) is 19.6. The monoisotopic (exact) mass is 498 g/mol. The number of hydrogen-bond acceptors (Lipinski definition) is 8. The fourth-order valence-corrected chi connectivity index (χ4v) is 4.38. The first-order valence-electron chi connectivity index (χ1n) is 10.3. The predicted octanol–water partition coefficient (Wildman–Crippen LogP) is 4.64. The SMILES string of the molecule is COc1ccc([N+](=O)[O-])cc1NC(=O)C(C)OC(=O)c1cc2c(C)nn(-c3ccc(F)cc3)c2s1. The van der Waals surface area contributed by atoms with Gasteiger partial charge >= 0.3 is 5.97 Å². The molecule has 2 aromatic carbocycles. The summed E-state index contributed by atoms with van der Waals surface area (Å²) < 4.78 is 25.4. The number of fused-ring (bicyclic) bond motifs is 1. The van der Waals surface area contributed by atoms with Crippen LogP contribution in [-0.4, -0.2) is 39.8 Å². The van der Waals surface area contributed by atoms with E-state index in [1.807, 2.05) is 0 Å². The fraction of sp³-hybridized carbons (Fsp3) is 0.174. The molecule has 4 aromatic rings. The van der Waals surface area contributed by atoms with Crippen LogP contribution < -0.4 is 10.1 Å². The third-order valence-corrected chi connectivity index (χ3v) is 6.21. The molecule has 1 unspecified atom stereocenters. The van der Waals surface area contributed by atoms with Crippen LogP contribution in [-0.2, 0) is 9.53 Å². The van der Waals surface area contributed by atoms with Crippen molar-refractivity contribution in [3.8, 4) is 11.4 Å². The molecule has 0 spiro atoms. The van der Waals surface area contributed by atoms with E-state index < -0.39 is 22.9 Å². The molecular formula is C23H19FN4O6S. The molecule has 0 aliphatic heterocycles. The van der Waals surface area contributed by atoms with Crippen molar-refractivity contribution in [3.63, 3.8) is 0 Å². The number of nitro benzene ring substituents is 1. The normalized spacial score (nSPS) is 11.8. The highest BCUT2D eigenvalue weighted by atomic mass is 32.1. The Morgan fingerprint density at radius 3 is 2.57 bits per heavy atom. The van der Waals surface area contributed by atoms with Crippen molar-refractivity contribution in [2.45, 2.75) is 20.0 Å². The van der Waals surface area contributed by atoms with Gasteiger partial charge in [0.15, 0.2) is 6.10 Å². The number of amides is 1. The number of hydrogen-bond donors (Lipinski definition) is 1. The van der Waals surface area contributed by atoms with Gasteiger partial charge in [0.1, 0.15) is 21.3 Å². The van der Waals surface area contributed by atoms with Gasteiger partial charge in [-0.15, -0.1) is 11.3 Å². The Kier molecular flexibility index (Phi) is 6.47. The number of thiophene rings is 1. The highest BCUT2D eigenvalue weighted by Crippen LogP contribution is 2.32. The van der Waals surface area contributed by atoms with Crippen LogP contribution in [0.2, 0.25) is 0 Å². The smallest absolute Gasteiger partial charge is 0.349 e. The first kappa shape index (κ1) is 23.8. The Hall–Kier alpha value is -4.32. The van der Waals surface area contributed by atoms with Crippen molar-refractivity contribution < 1.29 is 28.4 Å². The van der Waals surface area contributed by atoms with Gasteiger partial charge in [0.05, 0.1) is 29.1 Å². The zero-order valence-electron chi connectivity index (χ0n) is 18.8. The summed E-state index contributed by atoms with van der Waals surface area (Å²) in [6.45, 7) is 3.17. The number of halogens is 1. The average Bonchev–Trinajstić information content (AvgIpc) is 3.40. The lowest BCUT2D eigenvalue weighted by Gasteiger charge is -2.14. The predicted molar refractivity (Wildman–Crippen MR) is 127 cm³/mol. The van der Waals surface area contributed by atoms with Gasteiger partial charge in [-0.3, -0.25) is 14.9 Å². The van der Waals surface area contributed by atoms with E-state index in [1.54, 1.807) is 29.8 Å². The van der Waals surface area contributed by atoms with Gasteiger partial charge in [-0.05, 0) is 50.2 Å². The maximum absolute atomic E-state index is 13.3. The summed E-state index contributed by atoms with van der Waals surface area (Å²) in [5.74, 6) is -1.57. The topological polar surface area (TPSA) is 126 Å². The summed E-state index contributed by atoms with van der Waals surface area (Å²) in [5.41, 5.74) is 1.14. The van der Waals surface area contributed by atoms with Crippen LogP contribution in [0.25, 0.3) is 15.9 Å². The van der Waals surface area contributed by atoms with E-state index >= 15 is 0 Å². The number of methoxy groups -OCH3 is 1. The van der Waals surface area contributed by atoms with E-state index in [9.17, 15) is 24.1 Å². The average molecular weight is 498 g/mol. The molecule has 0 bridgehead atoms. The van der Waals surface area contributed by atoms with Gasteiger partial charge in [-0.2, -0.15) is 5.10 Å². The number of rotatable bonds is 7. The highest BCUT2D eigenvalue weighted by Gasteiger charge is 2.24. The summed E-state index contributed by atoms with van der Waals surface area (Å²) >= 11 is 1.13. The lowest BCUT2D eigenvalue weighted by molar-refractivity contribution is -0.384. The number of nitrogens with one attached hydrogen (secondary N) is 1. The number of carbonyl (C=O) groups is 2. The Morgan fingerprint density at radius 2 is 1.91 bits per heavy atom. The van der Waals surface area contributed by atoms with E-state index in [2.05, 4.69) is 10.4 Å². The Bertz CT molecular complexity index is 1450. The molecule has 0 aliphatic carbocycles. The molecule has 1 atom stereocenters. The number of benzene rings is 2. The van der Waals surface area contributed by atoms with Gasteiger partial charge in [0.2, 0.25) is 0 Å². The highest BCUT2D eigenvalue weighted by molar-refractivity contribution is 7.20. The number of carbonyl (C=O) groups excluding carboxylic acids is 2. The molecule has 1 N–H and O–H groups in total. The molecule has 0 saturated carbocycles. The molecule has 2 heterocycles. The van der Waals surface area contributed by atoms with E-state index in [0.717, 1.165) is 22.8 Å². The summed E-state index contributed by atoms with van der Waals surface area (Å²) in [7, 11) is 1.36. The quantitative estimate of drug-likeness (QED) is 0.224. The molecule has 1 amide bonds. The molecule has 2 aromatic heterocycles. The molecule has 12 heteroatoms. The number of non-ortho nitro benzene ring substituents is 1. The third kappa shape index (κ3) is 4.82. The number of aryl methyl sites for hydroxylation is 1. The molecule has 0 saturated heterocycles. The first-order valence-corrected chi connectivity index (χ1v) is 11.1. The van der Waals surface area contributed by atoms with Crippen LogP contribution >= 0.6 is 11.3 Å². The number of nitro groups is 1. The Balaban J connectivity index is 1.52. The number of ether oxygens (including phenoxy) is 2. The van der Waals surface area contributed by atoms with Crippen LogP contribution in [0.4, 0.5) is 15.8 Å². The van der Waals surface area contributed by atoms with E-state index in [0.29, 0.717) is 16.2 Å². The van der Waals surface area contributed by atoms with Crippen LogP contribution in [0.1, 0.15) is 22.3 Å². The molecule has 0 aliphatic rings. The van der Waals surface area contributed by atoms with Crippen molar-refractivity contribution in [1.82, 2.24) is 9.78 Å². The summed E-state index contributed by atoms with van der Waals surface area (Å²) in [6, 6.07) is 11.2. The zero-order chi connectivity index (χ0) is 25.3. The minimum atomic E-state index is -1.20. The number of nitrogens with zero attached hydrogens (tertiary/aromatic N) is 3. The molecule has 35 heavy (non-hydrogen) atoms. The molecule has 0 fully saturated rings. The molecule has 180 valence electrons. The minimum Gasteiger partial charge on any atom is -0.495 e. The molecule has 10 nitrogen and oxygen atoms in total. The second kappa shape index (κ2) is 9.50. The molecule has 4 rings (SSSR count). The lowest BCUT2D eigenvalue weighted by atomic mass is 10.2. The standard InChI is InChI=1S/C23H19FN4O6S/c1-12-17-11-20(35-22(17)27(26-12)15-6-4-14(24)5-7-15)23(30)34-13(2)21(29)25-18-10-16(28(31)32)8-9-19(18)33-3/h4-11,13H,1-3H3,(H,25,29). The number of anilines is 1. The largest absolute Gasteiger partial charge is 0.495 e. The summed E-state index contributed by atoms with van der Waals surface area (Å²) in [5, 5.41) is 18.7. The maximum Gasteiger partial charge on any atom is 0.349 e. The molecule has 0 radical (unpaired) electrons. The van der Waals surface area contributed by atoms with Gasteiger partial charge < -0.3 is 14.8 Å². The Morgan fingerprint density at radius 1 is 1.20 bits per heavy atom. The van der Waals surface area contributed by atoms with Crippen LogP contribution in [0.5, 0.6) is 5.75 Å². The van der Waals surface area contributed by atoms with Crippen molar-refractivity contribution in [1.29, 1.82) is 0 Å². The van der Waals surface area contributed by atoms with Gasteiger partial charge in [0, 0.05) is 17.5 Å². The summed E-state index contributed by atoms with van der Waals surface area (Å²) in [4.78, 5) is 36.7. The van der Waals surface area contributed by atoms with Gasteiger partial charge in [-0.25, -0.2) is 13.9 Å². The van der Waals surface area contributed by atoms with Gasteiger partial charge in [-0.1, -0.05) is 0 Å². The number of aromatic nitrogens is 2. The third-order valence-electron chi connectivity index (χ3n) is 5.12. The second-order valence-corrected chi connectivity index (χ2v) is 8.51. The second-order valence-electron chi connectivity index (χ2n) is 7.48. The first-order chi connectivity index (χ1) is 16.7. The van der Waals surface area contributed by atoms with E-state index in [1.165, 1.54) is 38.3 Å². The van der Waals surface area contributed by atoms with Crippen LogP contribution in [0.3, 0.4) is 0 Å². The Labute approximate surface area is 202 Å². The lowest BCUT2D eigenvalue weighted by Crippen LogP contribution is -2.30. The van der Waals surface area contributed by atoms with Crippen molar-refractivity contribution in [3.05, 3.63) is 75.0 Å². The fourth-order valence-electron chi connectivity index (χ4n) is 3.32.